The summed E-state index contributed by atoms with van der Waals surface area (Å²) in [7, 11) is 1.84. The zero-order chi connectivity index (χ0) is 16.3. The third kappa shape index (κ3) is 3.98. The molecule has 0 heterocycles. The fourth-order valence-electron chi connectivity index (χ4n) is 3.01. The lowest BCUT2D eigenvalue weighted by Gasteiger charge is -2.43. The summed E-state index contributed by atoms with van der Waals surface area (Å²) in [6.45, 7) is 10.2. The molecule has 1 atom stereocenters. The standard InChI is InChI=1S/C16H25F3N2/c1-6-21(7-2)15(3,4)14(20-5)12-8-10-13(11-9-12)16(17,18)19/h8-11,14,20H,6-7H2,1-5H3. The lowest BCUT2D eigenvalue weighted by molar-refractivity contribution is -0.137. The highest BCUT2D eigenvalue weighted by Crippen LogP contribution is 2.34. The predicted molar refractivity (Wildman–Crippen MR) is 80.2 cm³/mol. The van der Waals surface area contributed by atoms with E-state index in [-0.39, 0.29) is 11.6 Å². The van der Waals surface area contributed by atoms with Crippen molar-refractivity contribution in [2.24, 2.45) is 0 Å². The molecular weight excluding hydrogens is 277 g/mol. The smallest absolute Gasteiger partial charge is 0.311 e. The van der Waals surface area contributed by atoms with E-state index in [4.69, 9.17) is 0 Å². The summed E-state index contributed by atoms with van der Waals surface area (Å²) in [5.74, 6) is 0. The third-order valence-corrected chi connectivity index (χ3v) is 4.14. The first-order chi connectivity index (χ1) is 9.68. The predicted octanol–water partition coefficient (Wildman–Crippen LogP) is 4.09. The van der Waals surface area contributed by atoms with Crippen LogP contribution in [0.5, 0.6) is 0 Å². The molecule has 0 saturated carbocycles. The second-order valence-electron chi connectivity index (χ2n) is 5.67. The number of nitrogens with zero attached hydrogens (tertiary/aromatic N) is 1. The number of hydrogen-bond acceptors (Lipinski definition) is 2. The Balaban J connectivity index is 3.10. The monoisotopic (exact) mass is 302 g/mol. The molecule has 120 valence electrons. The van der Waals surface area contributed by atoms with Gasteiger partial charge in [-0.3, -0.25) is 4.90 Å². The van der Waals surface area contributed by atoms with Crippen LogP contribution in [0.2, 0.25) is 0 Å². The highest BCUT2D eigenvalue weighted by atomic mass is 19.4. The van der Waals surface area contributed by atoms with Crippen LogP contribution in [0, 0.1) is 0 Å². The van der Waals surface area contributed by atoms with Gasteiger partial charge in [0, 0.05) is 11.6 Å². The molecule has 0 aliphatic carbocycles. The van der Waals surface area contributed by atoms with Crippen molar-refractivity contribution >= 4 is 0 Å². The van der Waals surface area contributed by atoms with Crippen molar-refractivity contribution in [3.8, 4) is 0 Å². The molecule has 0 amide bonds. The van der Waals surface area contributed by atoms with Gasteiger partial charge >= 0.3 is 6.18 Å². The summed E-state index contributed by atoms with van der Waals surface area (Å²) in [5.41, 5.74) is 0.0574. The summed E-state index contributed by atoms with van der Waals surface area (Å²) in [4.78, 5) is 2.30. The van der Waals surface area contributed by atoms with Gasteiger partial charge in [0.1, 0.15) is 0 Å². The van der Waals surface area contributed by atoms with Crippen LogP contribution >= 0.6 is 0 Å². The Labute approximate surface area is 125 Å². The molecule has 21 heavy (non-hydrogen) atoms. The number of benzene rings is 1. The van der Waals surface area contributed by atoms with Gasteiger partial charge in [0.25, 0.3) is 0 Å². The summed E-state index contributed by atoms with van der Waals surface area (Å²) in [6.07, 6.45) is -4.29. The molecule has 1 unspecified atom stereocenters. The lowest BCUT2D eigenvalue weighted by Crippen LogP contribution is -2.51. The molecule has 0 bridgehead atoms. The van der Waals surface area contributed by atoms with Crippen molar-refractivity contribution in [2.75, 3.05) is 20.1 Å². The largest absolute Gasteiger partial charge is 0.416 e. The molecule has 0 fully saturated rings. The molecule has 0 spiro atoms. The fourth-order valence-corrected chi connectivity index (χ4v) is 3.01. The Bertz CT molecular complexity index is 434. The topological polar surface area (TPSA) is 15.3 Å². The van der Waals surface area contributed by atoms with E-state index < -0.39 is 11.7 Å². The normalized spacial score (nSPS) is 14.5. The van der Waals surface area contributed by atoms with Gasteiger partial charge in [0.2, 0.25) is 0 Å². The molecular formula is C16H25F3N2. The molecule has 5 heteroatoms. The average Bonchev–Trinajstić information content (AvgIpc) is 2.39. The maximum absolute atomic E-state index is 12.7. The Morgan fingerprint density at radius 1 is 1.05 bits per heavy atom. The molecule has 0 aliphatic rings. The summed E-state index contributed by atoms with van der Waals surface area (Å²) in [6, 6.07) is 5.39. The van der Waals surface area contributed by atoms with Crippen LogP contribution in [0.4, 0.5) is 13.2 Å². The van der Waals surface area contributed by atoms with Gasteiger partial charge in [-0.2, -0.15) is 13.2 Å². The Hall–Kier alpha value is -1.07. The fraction of sp³-hybridized carbons (Fsp3) is 0.625. The van der Waals surface area contributed by atoms with E-state index in [9.17, 15) is 13.2 Å². The van der Waals surface area contributed by atoms with E-state index in [0.29, 0.717) is 0 Å². The molecule has 0 aromatic heterocycles. The Morgan fingerprint density at radius 3 is 1.86 bits per heavy atom. The van der Waals surface area contributed by atoms with E-state index in [1.807, 2.05) is 7.05 Å². The van der Waals surface area contributed by atoms with Crippen LogP contribution in [-0.4, -0.2) is 30.6 Å². The maximum atomic E-state index is 12.7. The van der Waals surface area contributed by atoms with Crippen molar-refractivity contribution in [3.63, 3.8) is 0 Å². The molecule has 0 radical (unpaired) electrons. The Morgan fingerprint density at radius 2 is 1.52 bits per heavy atom. The highest BCUT2D eigenvalue weighted by Gasteiger charge is 2.35. The van der Waals surface area contributed by atoms with Gasteiger partial charge in [-0.1, -0.05) is 26.0 Å². The van der Waals surface area contributed by atoms with Crippen LogP contribution in [0.15, 0.2) is 24.3 Å². The number of rotatable bonds is 6. The zero-order valence-electron chi connectivity index (χ0n) is 13.4. The average molecular weight is 302 g/mol. The molecule has 0 saturated heterocycles. The lowest BCUT2D eigenvalue weighted by atomic mass is 9.86. The molecule has 2 nitrogen and oxygen atoms in total. The Kier molecular flexibility index (Phi) is 5.82. The van der Waals surface area contributed by atoms with Crippen molar-refractivity contribution in [1.82, 2.24) is 10.2 Å². The van der Waals surface area contributed by atoms with E-state index >= 15 is 0 Å². The minimum atomic E-state index is -4.29. The van der Waals surface area contributed by atoms with Crippen LogP contribution in [0.25, 0.3) is 0 Å². The first-order valence-corrected chi connectivity index (χ1v) is 7.27. The molecule has 1 aromatic carbocycles. The van der Waals surface area contributed by atoms with E-state index in [1.165, 1.54) is 0 Å². The van der Waals surface area contributed by atoms with E-state index in [0.717, 1.165) is 30.8 Å². The third-order valence-electron chi connectivity index (χ3n) is 4.14. The van der Waals surface area contributed by atoms with Crippen molar-refractivity contribution in [2.45, 2.75) is 45.5 Å². The number of hydrogen-bond donors (Lipinski definition) is 1. The van der Waals surface area contributed by atoms with Crippen molar-refractivity contribution in [1.29, 1.82) is 0 Å². The van der Waals surface area contributed by atoms with Crippen molar-refractivity contribution < 1.29 is 13.2 Å². The van der Waals surface area contributed by atoms with Crippen LogP contribution in [0.3, 0.4) is 0 Å². The minimum Gasteiger partial charge on any atom is -0.311 e. The van der Waals surface area contributed by atoms with Gasteiger partial charge in [0.05, 0.1) is 5.56 Å². The number of nitrogens with one attached hydrogen (secondary N) is 1. The van der Waals surface area contributed by atoms with Gasteiger partial charge < -0.3 is 5.32 Å². The number of alkyl halides is 3. The molecule has 1 N–H and O–H groups in total. The maximum Gasteiger partial charge on any atom is 0.416 e. The van der Waals surface area contributed by atoms with Crippen LogP contribution < -0.4 is 5.32 Å². The first-order valence-electron chi connectivity index (χ1n) is 7.27. The number of likely N-dealkylation sites (N-methyl/N-ethyl adjacent to an activating group) is 2. The second kappa shape index (κ2) is 6.79. The summed E-state index contributed by atoms with van der Waals surface area (Å²) in [5, 5.41) is 3.24. The van der Waals surface area contributed by atoms with Gasteiger partial charge in [-0.15, -0.1) is 0 Å². The van der Waals surface area contributed by atoms with Crippen LogP contribution in [-0.2, 0) is 6.18 Å². The van der Waals surface area contributed by atoms with Gasteiger partial charge in [-0.25, -0.2) is 0 Å². The highest BCUT2D eigenvalue weighted by molar-refractivity contribution is 5.28. The van der Waals surface area contributed by atoms with Crippen LogP contribution in [0.1, 0.15) is 44.9 Å². The van der Waals surface area contributed by atoms with Gasteiger partial charge in [0.15, 0.2) is 0 Å². The molecule has 1 aromatic rings. The summed E-state index contributed by atoms with van der Waals surface area (Å²) >= 11 is 0. The van der Waals surface area contributed by atoms with Crippen molar-refractivity contribution in [3.05, 3.63) is 35.4 Å². The SMILES string of the molecule is CCN(CC)C(C)(C)C(NC)c1ccc(C(F)(F)F)cc1. The molecule has 1 rings (SSSR count). The minimum absolute atomic E-state index is 0.0420. The zero-order valence-corrected chi connectivity index (χ0v) is 13.4. The number of halogens is 3. The molecule has 0 aliphatic heterocycles. The van der Waals surface area contributed by atoms with E-state index in [2.05, 4.69) is 37.9 Å². The van der Waals surface area contributed by atoms with E-state index in [1.54, 1.807) is 12.1 Å². The van der Waals surface area contributed by atoms with Gasteiger partial charge in [-0.05, 0) is 51.7 Å². The summed E-state index contributed by atoms with van der Waals surface area (Å²) < 4.78 is 38.0. The quantitative estimate of drug-likeness (QED) is 0.851. The second-order valence-corrected chi connectivity index (χ2v) is 5.67. The first kappa shape index (κ1) is 18.0.